The smallest absolute Gasteiger partial charge is 0.317 e. The summed E-state index contributed by atoms with van der Waals surface area (Å²) in [5.41, 5.74) is -4.49. The van der Waals surface area contributed by atoms with Gasteiger partial charge in [0.2, 0.25) is 0 Å². The molecule has 3 saturated carbocycles. The van der Waals surface area contributed by atoms with E-state index in [1.54, 1.807) is 0 Å². The van der Waals surface area contributed by atoms with Crippen LogP contribution in [-0.4, -0.2) is 51.0 Å². The summed E-state index contributed by atoms with van der Waals surface area (Å²) in [6.45, 7) is 14.5. The normalized spacial score (nSPS) is 54.8. The predicted molar refractivity (Wildman–Crippen MR) is 134 cm³/mol. The lowest BCUT2D eigenvalue weighted by Gasteiger charge is -2.62. The molecule has 4 aliphatic carbocycles. The summed E-state index contributed by atoms with van der Waals surface area (Å²) in [4.78, 5) is 28.3. The van der Waals surface area contributed by atoms with Gasteiger partial charge in [0.05, 0.1) is 11.7 Å². The van der Waals surface area contributed by atoms with Gasteiger partial charge in [0.25, 0.3) is 0 Å². The van der Waals surface area contributed by atoms with Gasteiger partial charge < -0.3 is 19.7 Å². The highest BCUT2D eigenvalue weighted by atomic mass is 16.6. The van der Waals surface area contributed by atoms with Gasteiger partial charge in [-0.1, -0.05) is 39.3 Å². The molecule has 6 rings (SSSR count). The van der Waals surface area contributed by atoms with E-state index in [1.807, 2.05) is 20.8 Å². The number of carbonyl (C=O) groups excluding carboxylic acids is 2. The fraction of sp³-hybridized carbons (Fsp3) is 0.867. The Balaban J connectivity index is 1.47. The van der Waals surface area contributed by atoms with E-state index in [0.29, 0.717) is 25.7 Å². The van der Waals surface area contributed by atoms with Crippen LogP contribution in [0, 0.1) is 33.5 Å². The van der Waals surface area contributed by atoms with Crippen LogP contribution in [0.4, 0.5) is 0 Å². The summed E-state index contributed by atoms with van der Waals surface area (Å²) in [5.74, 6) is -0.492. The maximum atomic E-state index is 14.3. The quantitative estimate of drug-likeness (QED) is 0.407. The number of ketones is 1. The van der Waals surface area contributed by atoms with Gasteiger partial charge in [0.1, 0.15) is 22.9 Å². The van der Waals surface area contributed by atoms with Crippen molar-refractivity contribution in [1.82, 2.24) is 0 Å². The highest BCUT2D eigenvalue weighted by Crippen LogP contribution is 2.77. The van der Waals surface area contributed by atoms with Crippen molar-refractivity contribution in [2.24, 2.45) is 33.5 Å². The van der Waals surface area contributed by atoms with E-state index >= 15 is 0 Å². The Morgan fingerprint density at radius 1 is 0.944 bits per heavy atom. The first-order chi connectivity index (χ1) is 16.5. The fourth-order valence-corrected chi connectivity index (χ4v) is 10.4. The fourth-order valence-electron chi connectivity index (χ4n) is 10.4. The number of hydrogen-bond acceptors (Lipinski definition) is 6. The van der Waals surface area contributed by atoms with Crippen LogP contribution in [0.5, 0.6) is 0 Å². The topological polar surface area (TPSA) is 93.1 Å². The summed E-state index contributed by atoms with van der Waals surface area (Å²) < 4.78 is 12.6. The second-order valence-electron chi connectivity index (χ2n) is 14.9. The van der Waals surface area contributed by atoms with E-state index in [-0.39, 0.29) is 46.6 Å². The molecule has 9 unspecified atom stereocenters. The molecule has 6 nitrogen and oxygen atoms in total. The molecule has 36 heavy (non-hydrogen) atoms. The van der Waals surface area contributed by atoms with Crippen molar-refractivity contribution in [2.75, 3.05) is 0 Å². The molecule has 6 aliphatic rings. The van der Waals surface area contributed by atoms with Crippen LogP contribution in [0.3, 0.4) is 0 Å². The third kappa shape index (κ3) is 2.51. The average Bonchev–Trinajstić information content (AvgIpc) is 3.33. The molecule has 200 valence electrons. The molecule has 0 bridgehead atoms. The molecule has 0 radical (unpaired) electrons. The van der Waals surface area contributed by atoms with E-state index in [1.165, 1.54) is 0 Å². The van der Waals surface area contributed by atoms with E-state index in [9.17, 15) is 19.8 Å². The number of ether oxygens (including phenoxy) is 2. The zero-order valence-corrected chi connectivity index (χ0v) is 23.1. The minimum Gasteiger partial charge on any atom is -0.453 e. The Morgan fingerprint density at radius 2 is 1.64 bits per heavy atom. The van der Waals surface area contributed by atoms with Crippen molar-refractivity contribution in [3.63, 3.8) is 0 Å². The summed E-state index contributed by atoms with van der Waals surface area (Å²) >= 11 is 0. The number of aliphatic hydroxyl groups is 2. The number of esters is 1. The number of Topliss-reactive ketones (excluding diaryl/α,β-unsaturated/α-hetero) is 1. The number of aliphatic hydroxyl groups excluding tert-OH is 1. The molecule has 0 aromatic heterocycles. The number of fused-ring (bicyclic) bond motifs is 4. The lowest BCUT2D eigenvalue weighted by Crippen LogP contribution is -2.67. The Hall–Kier alpha value is -1.24. The maximum absolute atomic E-state index is 14.3. The molecule has 0 amide bonds. The second kappa shape index (κ2) is 6.84. The zero-order chi connectivity index (χ0) is 26.3. The van der Waals surface area contributed by atoms with E-state index in [4.69, 9.17) is 9.47 Å². The Labute approximate surface area is 215 Å². The molecule has 2 heterocycles. The molecule has 9 atom stereocenters. The van der Waals surface area contributed by atoms with Crippen LogP contribution in [0.2, 0.25) is 0 Å². The molecule has 2 saturated heterocycles. The first kappa shape index (κ1) is 25.1. The van der Waals surface area contributed by atoms with Crippen LogP contribution in [0.25, 0.3) is 0 Å². The van der Waals surface area contributed by atoms with Crippen molar-refractivity contribution in [2.45, 2.75) is 129 Å². The van der Waals surface area contributed by atoms with Crippen LogP contribution < -0.4 is 0 Å². The predicted octanol–water partition coefficient (Wildman–Crippen LogP) is 4.50. The summed E-state index contributed by atoms with van der Waals surface area (Å²) in [5, 5.41) is 23.4. The molecule has 0 aromatic rings. The molecular formula is C30H44O6. The van der Waals surface area contributed by atoms with Gasteiger partial charge in [-0.2, -0.15) is 0 Å². The number of allylic oxidation sites excluding steroid dienone is 2. The molecule has 6 heteroatoms. The van der Waals surface area contributed by atoms with Gasteiger partial charge in [0.15, 0.2) is 5.60 Å². The third-order valence-corrected chi connectivity index (χ3v) is 12.6. The van der Waals surface area contributed by atoms with Crippen LogP contribution in [0.1, 0.15) is 99.8 Å². The van der Waals surface area contributed by atoms with Gasteiger partial charge >= 0.3 is 5.97 Å². The minimum atomic E-state index is -1.47. The highest BCUT2D eigenvalue weighted by Gasteiger charge is 2.85. The molecule has 1 spiro atoms. The number of carbonyl (C=O) groups is 2. The van der Waals surface area contributed by atoms with Crippen molar-refractivity contribution in [1.29, 1.82) is 0 Å². The van der Waals surface area contributed by atoms with Crippen molar-refractivity contribution in [3.8, 4) is 0 Å². The van der Waals surface area contributed by atoms with Crippen molar-refractivity contribution in [3.05, 3.63) is 11.6 Å². The molecular weight excluding hydrogens is 456 g/mol. The van der Waals surface area contributed by atoms with Gasteiger partial charge in [-0.05, 0) is 82.5 Å². The van der Waals surface area contributed by atoms with E-state index in [2.05, 4.69) is 33.8 Å². The monoisotopic (exact) mass is 500 g/mol. The lowest BCUT2D eigenvalue weighted by atomic mass is 9.40. The molecule has 0 aromatic carbocycles. The lowest BCUT2D eigenvalue weighted by molar-refractivity contribution is -0.204. The number of cyclic esters (lactones) is 1. The number of rotatable bonds is 1. The molecule has 5 fully saturated rings. The second-order valence-corrected chi connectivity index (χ2v) is 14.9. The summed E-state index contributed by atoms with van der Waals surface area (Å²) in [6, 6.07) is 0. The highest BCUT2D eigenvalue weighted by molar-refractivity contribution is 5.97. The molecule has 2 N–H and O–H groups in total. The minimum absolute atomic E-state index is 0.0117. The maximum Gasteiger partial charge on any atom is 0.317 e. The van der Waals surface area contributed by atoms with Crippen LogP contribution >= 0.6 is 0 Å². The van der Waals surface area contributed by atoms with Gasteiger partial charge in [-0.15, -0.1) is 0 Å². The van der Waals surface area contributed by atoms with Gasteiger partial charge in [0, 0.05) is 17.8 Å². The van der Waals surface area contributed by atoms with E-state index < -0.39 is 34.1 Å². The summed E-state index contributed by atoms with van der Waals surface area (Å²) in [7, 11) is 0. The standard InChI is InChI=1S/C30H44O6/c1-24(2)12-11-21(35-24)28(7)30(34)15-14-27(6)17-8-9-19-25(3,4)20(32)10-13-26(19,5)22(17)18(31)16-29(27,30)23(33)36-28/h8,19-22,32,34H,9-16H2,1-7H3. The van der Waals surface area contributed by atoms with Gasteiger partial charge in [-0.25, -0.2) is 0 Å². The SMILES string of the molecule is CC1(C)CCC(C2(C)OC(=O)C34CC(=O)C5C(=CCC6C(C)(C)C(O)CCC56C)C3(C)CCC24O)O1. The Kier molecular flexibility index (Phi) is 4.76. The zero-order valence-electron chi connectivity index (χ0n) is 23.1. The largest absolute Gasteiger partial charge is 0.453 e. The first-order valence-electron chi connectivity index (χ1n) is 14.1. The van der Waals surface area contributed by atoms with Gasteiger partial charge in [-0.3, -0.25) is 9.59 Å². The number of hydrogen-bond donors (Lipinski definition) is 2. The van der Waals surface area contributed by atoms with Crippen LogP contribution in [0.15, 0.2) is 11.6 Å². The Bertz CT molecular complexity index is 1080. The first-order valence-corrected chi connectivity index (χ1v) is 14.1. The van der Waals surface area contributed by atoms with Crippen molar-refractivity contribution < 1.29 is 29.3 Å². The average molecular weight is 501 g/mol. The molecule has 2 aliphatic heterocycles. The third-order valence-electron chi connectivity index (χ3n) is 12.6. The Morgan fingerprint density at radius 3 is 2.28 bits per heavy atom. The van der Waals surface area contributed by atoms with Crippen molar-refractivity contribution >= 4 is 11.8 Å². The summed E-state index contributed by atoms with van der Waals surface area (Å²) in [6.07, 6.45) is 6.27. The van der Waals surface area contributed by atoms with E-state index in [0.717, 1.165) is 24.8 Å². The van der Waals surface area contributed by atoms with Crippen LogP contribution in [-0.2, 0) is 19.1 Å².